The molecule has 25 heavy (non-hydrogen) atoms. The van der Waals surface area contributed by atoms with Crippen LogP contribution in [0.2, 0.25) is 0 Å². The van der Waals surface area contributed by atoms with Crippen LogP contribution in [0.5, 0.6) is 11.5 Å². The molecule has 6 nitrogen and oxygen atoms in total. The maximum atomic E-state index is 12.3. The van der Waals surface area contributed by atoms with E-state index in [0.717, 1.165) is 5.06 Å². The van der Waals surface area contributed by atoms with Gasteiger partial charge in [0.2, 0.25) is 0 Å². The molecule has 1 radical (unpaired) electrons. The summed E-state index contributed by atoms with van der Waals surface area (Å²) in [5, 5.41) is 23.0. The lowest BCUT2D eigenvalue weighted by atomic mass is 9.80. The zero-order chi connectivity index (χ0) is 18.8. The van der Waals surface area contributed by atoms with E-state index in [2.05, 4.69) is 0 Å². The highest BCUT2D eigenvalue weighted by Crippen LogP contribution is 2.38. The summed E-state index contributed by atoms with van der Waals surface area (Å²) >= 11 is 0. The first-order chi connectivity index (χ1) is 11.5. The van der Waals surface area contributed by atoms with E-state index in [1.165, 1.54) is 19.3 Å². The van der Waals surface area contributed by atoms with Gasteiger partial charge in [0, 0.05) is 30.0 Å². The molecule has 0 aliphatic carbocycles. The normalized spacial score (nSPS) is 20.6. The van der Waals surface area contributed by atoms with Crippen LogP contribution in [0.4, 0.5) is 0 Å². The minimum Gasteiger partial charge on any atom is -0.504 e. The van der Waals surface area contributed by atoms with Crippen LogP contribution in [0.3, 0.4) is 0 Å². The number of ether oxygens (including phenoxy) is 2. The van der Waals surface area contributed by atoms with Gasteiger partial charge in [0.25, 0.3) is 0 Å². The van der Waals surface area contributed by atoms with Crippen molar-refractivity contribution in [2.24, 2.45) is 0 Å². The maximum Gasteiger partial charge on any atom is 0.331 e. The summed E-state index contributed by atoms with van der Waals surface area (Å²) < 4.78 is 10.6. The molecule has 6 heteroatoms. The number of hydrogen-bond donors (Lipinski definition) is 1. The molecular formula is C19H26NO5. The molecular weight excluding hydrogens is 322 g/mol. The predicted octanol–water partition coefficient (Wildman–Crippen LogP) is 3.32. The number of carbonyl (C=O) groups is 1. The van der Waals surface area contributed by atoms with Crippen molar-refractivity contribution in [1.82, 2.24) is 5.06 Å². The Hall–Kier alpha value is -2.05. The van der Waals surface area contributed by atoms with Gasteiger partial charge in [-0.3, -0.25) is 0 Å². The Kier molecular flexibility index (Phi) is 5.44. The van der Waals surface area contributed by atoms with Crippen molar-refractivity contribution >= 4 is 12.0 Å². The number of methoxy groups -OCH3 is 1. The van der Waals surface area contributed by atoms with E-state index in [1.54, 1.807) is 18.2 Å². The number of piperidine rings is 1. The SMILES string of the molecule is COc1cc(/C=C/C(=O)OC2CC(C)(C)N([O])C(C)(C)C2)ccc1O. The molecule has 0 amide bonds. The van der Waals surface area contributed by atoms with Gasteiger partial charge in [0.05, 0.1) is 7.11 Å². The van der Waals surface area contributed by atoms with Gasteiger partial charge in [-0.2, -0.15) is 0 Å². The summed E-state index contributed by atoms with van der Waals surface area (Å²) in [6.07, 6.45) is 3.62. The van der Waals surface area contributed by atoms with E-state index in [4.69, 9.17) is 9.47 Å². The van der Waals surface area contributed by atoms with Crippen LogP contribution in [-0.4, -0.2) is 40.4 Å². The molecule has 2 rings (SSSR count). The Morgan fingerprint density at radius 2 is 1.84 bits per heavy atom. The van der Waals surface area contributed by atoms with Gasteiger partial charge in [-0.25, -0.2) is 4.79 Å². The number of benzene rings is 1. The predicted molar refractivity (Wildman–Crippen MR) is 93.5 cm³/mol. The number of phenolic OH excluding ortho intramolecular Hbond substituents is 1. The highest BCUT2D eigenvalue weighted by atomic mass is 16.5. The molecule has 1 N–H and O–H groups in total. The molecule has 0 atom stereocenters. The van der Waals surface area contributed by atoms with Crippen molar-refractivity contribution in [1.29, 1.82) is 0 Å². The second-order valence-electron chi connectivity index (χ2n) is 7.65. The quantitative estimate of drug-likeness (QED) is 0.667. The number of carbonyl (C=O) groups excluding carboxylic acids is 1. The molecule has 1 aliphatic rings. The Morgan fingerprint density at radius 1 is 1.24 bits per heavy atom. The summed E-state index contributed by atoms with van der Waals surface area (Å²) in [4.78, 5) is 12.1. The molecule has 1 aromatic rings. The fraction of sp³-hybridized carbons (Fsp3) is 0.526. The first-order valence-electron chi connectivity index (χ1n) is 8.28. The number of rotatable bonds is 4. The molecule has 137 valence electrons. The molecule has 0 spiro atoms. The van der Waals surface area contributed by atoms with Gasteiger partial charge < -0.3 is 14.6 Å². The minimum atomic E-state index is -0.583. The third-order valence-corrected chi connectivity index (χ3v) is 4.45. The third kappa shape index (κ3) is 4.52. The third-order valence-electron chi connectivity index (χ3n) is 4.45. The average Bonchev–Trinajstić information content (AvgIpc) is 2.51. The number of esters is 1. The molecule has 0 saturated carbocycles. The molecule has 1 aromatic carbocycles. The van der Waals surface area contributed by atoms with E-state index >= 15 is 0 Å². The standard InChI is InChI=1S/C19H26NO5/c1-18(2)11-14(12-19(3,4)20(18)23)25-17(22)9-7-13-6-8-15(21)16(10-13)24-5/h6-10,14,21H,11-12H2,1-5H3/b9-7+. The summed E-state index contributed by atoms with van der Waals surface area (Å²) in [5.41, 5.74) is -0.455. The van der Waals surface area contributed by atoms with E-state index < -0.39 is 17.0 Å². The smallest absolute Gasteiger partial charge is 0.331 e. The Morgan fingerprint density at radius 3 is 2.40 bits per heavy atom. The molecule has 1 aliphatic heterocycles. The first-order valence-corrected chi connectivity index (χ1v) is 8.28. The maximum absolute atomic E-state index is 12.3. The number of aromatic hydroxyl groups is 1. The Bertz CT molecular complexity index is 648. The topological polar surface area (TPSA) is 78.9 Å². The van der Waals surface area contributed by atoms with Crippen molar-refractivity contribution in [2.75, 3.05) is 7.11 Å². The fourth-order valence-electron chi connectivity index (χ4n) is 3.42. The van der Waals surface area contributed by atoms with Crippen molar-refractivity contribution in [3.63, 3.8) is 0 Å². The second kappa shape index (κ2) is 7.06. The van der Waals surface area contributed by atoms with Crippen molar-refractivity contribution in [3.05, 3.63) is 29.8 Å². The summed E-state index contributed by atoms with van der Waals surface area (Å²) in [6, 6.07) is 4.80. The molecule has 1 heterocycles. The molecule has 1 fully saturated rings. The van der Waals surface area contributed by atoms with E-state index in [9.17, 15) is 15.1 Å². The van der Waals surface area contributed by atoms with Crippen LogP contribution < -0.4 is 4.74 Å². The monoisotopic (exact) mass is 348 g/mol. The largest absolute Gasteiger partial charge is 0.504 e. The van der Waals surface area contributed by atoms with E-state index in [0.29, 0.717) is 24.2 Å². The summed E-state index contributed by atoms with van der Waals surface area (Å²) in [7, 11) is 1.46. The van der Waals surface area contributed by atoms with E-state index in [1.807, 2.05) is 27.7 Å². The van der Waals surface area contributed by atoms with Gasteiger partial charge in [-0.1, -0.05) is 6.07 Å². The van der Waals surface area contributed by atoms with Crippen molar-refractivity contribution in [2.45, 2.75) is 57.7 Å². The van der Waals surface area contributed by atoms with Crippen LogP contribution in [0, 0.1) is 0 Å². The van der Waals surface area contributed by atoms with Crippen LogP contribution in [0.15, 0.2) is 24.3 Å². The fourth-order valence-corrected chi connectivity index (χ4v) is 3.42. The minimum absolute atomic E-state index is 0.0380. The lowest BCUT2D eigenvalue weighted by Crippen LogP contribution is -2.60. The Labute approximate surface area is 148 Å². The summed E-state index contributed by atoms with van der Waals surface area (Å²) in [6.45, 7) is 7.45. The molecule has 0 unspecified atom stereocenters. The zero-order valence-electron chi connectivity index (χ0n) is 15.4. The van der Waals surface area contributed by atoms with E-state index in [-0.39, 0.29) is 11.9 Å². The van der Waals surface area contributed by atoms with Crippen molar-refractivity contribution in [3.8, 4) is 11.5 Å². The van der Waals surface area contributed by atoms with Crippen LogP contribution in [0.25, 0.3) is 6.08 Å². The summed E-state index contributed by atoms with van der Waals surface area (Å²) in [5.74, 6) is -0.0825. The molecule has 0 bridgehead atoms. The molecule has 1 saturated heterocycles. The Balaban J connectivity index is 2.03. The van der Waals surface area contributed by atoms with Crippen LogP contribution >= 0.6 is 0 Å². The van der Waals surface area contributed by atoms with Crippen LogP contribution in [-0.2, 0) is 14.7 Å². The number of hydroxylamine groups is 2. The van der Waals surface area contributed by atoms with Gasteiger partial charge >= 0.3 is 5.97 Å². The number of nitrogens with zero attached hydrogens (tertiary/aromatic N) is 1. The van der Waals surface area contributed by atoms with Crippen molar-refractivity contribution < 1.29 is 24.6 Å². The van der Waals surface area contributed by atoms with Gasteiger partial charge in [0.1, 0.15) is 6.10 Å². The number of hydrogen-bond acceptors (Lipinski definition) is 5. The lowest BCUT2D eigenvalue weighted by molar-refractivity contribution is -0.299. The number of phenols is 1. The van der Waals surface area contributed by atoms with Crippen LogP contribution in [0.1, 0.15) is 46.1 Å². The lowest BCUT2D eigenvalue weighted by Gasteiger charge is -2.49. The average molecular weight is 348 g/mol. The highest BCUT2D eigenvalue weighted by Gasteiger charge is 2.47. The second-order valence-corrected chi connectivity index (χ2v) is 7.65. The van der Waals surface area contributed by atoms with Gasteiger partial charge in [-0.15, -0.1) is 10.3 Å². The first kappa shape index (κ1) is 19.3. The highest BCUT2D eigenvalue weighted by molar-refractivity contribution is 5.87. The van der Waals surface area contributed by atoms with Gasteiger partial charge in [-0.05, 0) is 51.5 Å². The zero-order valence-corrected chi connectivity index (χ0v) is 15.4. The molecule has 0 aromatic heterocycles. The van der Waals surface area contributed by atoms with Gasteiger partial charge in [0.15, 0.2) is 11.5 Å².